The van der Waals surface area contributed by atoms with Crippen LogP contribution in [-0.2, 0) is 4.74 Å². The Hall–Kier alpha value is -1.71. The number of hydrogen-bond donors (Lipinski definition) is 2. The molecule has 0 aromatic heterocycles. The Labute approximate surface area is 102 Å². The van der Waals surface area contributed by atoms with Crippen LogP contribution in [0.25, 0.3) is 0 Å². The van der Waals surface area contributed by atoms with Gasteiger partial charge in [0.15, 0.2) is 0 Å². The first-order valence-electron chi connectivity index (χ1n) is 5.82. The fourth-order valence-corrected chi connectivity index (χ4v) is 1.71. The van der Waals surface area contributed by atoms with Crippen molar-refractivity contribution in [2.45, 2.75) is 32.7 Å². The highest BCUT2D eigenvalue weighted by Crippen LogP contribution is 2.21. The van der Waals surface area contributed by atoms with Crippen molar-refractivity contribution in [3.63, 3.8) is 0 Å². The van der Waals surface area contributed by atoms with Crippen LogP contribution in [0.3, 0.4) is 0 Å². The number of ether oxygens (including phenoxy) is 1. The Balaban J connectivity index is 2.79. The zero-order chi connectivity index (χ0) is 12.8. The Morgan fingerprint density at radius 2 is 2.24 bits per heavy atom. The molecule has 3 N–H and O–H groups in total. The van der Waals surface area contributed by atoms with Crippen molar-refractivity contribution >= 4 is 17.3 Å². The fourth-order valence-electron chi connectivity index (χ4n) is 1.71. The third-order valence-electron chi connectivity index (χ3n) is 2.60. The number of rotatable bonds is 5. The van der Waals surface area contributed by atoms with Crippen molar-refractivity contribution in [2.75, 3.05) is 18.2 Å². The van der Waals surface area contributed by atoms with Crippen molar-refractivity contribution in [1.82, 2.24) is 0 Å². The summed E-state index contributed by atoms with van der Waals surface area (Å²) in [6.45, 7) is 4.25. The highest BCUT2D eigenvalue weighted by atomic mass is 16.5. The van der Waals surface area contributed by atoms with Crippen molar-refractivity contribution in [2.24, 2.45) is 0 Å². The van der Waals surface area contributed by atoms with Gasteiger partial charge in [-0.05, 0) is 31.5 Å². The summed E-state index contributed by atoms with van der Waals surface area (Å²) in [5, 5.41) is 3.32. The quantitative estimate of drug-likeness (QED) is 0.609. The van der Waals surface area contributed by atoms with Gasteiger partial charge in [0.05, 0.1) is 24.0 Å². The Kier molecular flexibility index (Phi) is 4.82. The van der Waals surface area contributed by atoms with E-state index < -0.39 is 0 Å². The number of esters is 1. The minimum atomic E-state index is -0.371. The van der Waals surface area contributed by atoms with Gasteiger partial charge in [-0.3, -0.25) is 0 Å². The number of carbonyl (C=O) groups excluding carboxylic acids is 1. The van der Waals surface area contributed by atoms with E-state index in [4.69, 9.17) is 5.73 Å². The second-order valence-electron chi connectivity index (χ2n) is 4.13. The van der Waals surface area contributed by atoms with Gasteiger partial charge in [0.1, 0.15) is 0 Å². The lowest BCUT2D eigenvalue weighted by Crippen LogP contribution is -2.16. The standard InChI is InChI=1S/C13H20N2O2/c1-4-5-9(2)15-12-7-6-10(8-11(12)14)13(16)17-3/h6-9,15H,4-5,14H2,1-3H3/t9-/m0/s1. The van der Waals surface area contributed by atoms with E-state index in [-0.39, 0.29) is 5.97 Å². The monoisotopic (exact) mass is 236 g/mol. The zero-order valence-corrected chi connectivity index (χ0v) is 10.6. The smallest absolute Gasteiger partial charge is 0.337 e. The van der Waals surface area contributed by atoms with E-state index in [1.165, 1.54) is 7.11 Å². The molecule has 0 bridgehead atoms. The molecule has 17 heavy (non-hydrogen) atoms. The molecule has 4 nitrogen and oxygen atoms in total. The van der Waals surface area contributed by atoms with E-state index in [1.54, 1.807) is 12.1 Å². The Morgan fingerprint density at radius 3 is 2.76 bits per heavy atom. The van der Waals surface area contributed by atoms with Crippen LogP contribution in [0.1, 0.15) is 37.0 Å². The number of carbonyl (C=O) groups is 1. The number of nitrogens with two attached hydrogens (primary N) is 1. The minimum absolute atomic E-state index is 0.367. The maximum Gasteiger partial charge on any atom is 0.337 e. The molecule has 1 rings (SSSR count). The number of nitrogen functional groups attached to an aromatic ring is 1. The van der Waals surface area contributed by atoms with E-state index in [0.717, 1.165) is 18.5 Å². The molecule has 4 heteroatoms. The summed E-state index contributed by atoms with van der Waals surface area (Å²) in [7, 11) is 1.36. The second-order valence-corrected chi connectivity index (χ2v) is 4.13. The average molecular weight is 236 g/mol. The van der Waals surface area contributed by atoms with Crippen LogP contribution >= 0.6 is 0 Å². The fraction of sp³-hybridized carbons (Fsp3) is 0.462. The van der Waals surface area contributed by atoms with Crippen molar-refractivity contribution in [3.8, 4) is 0 Å². The van der Waals surface area contributed by atoms with Crippen molar-refractivity contribution in [3.05, 3.63) is 23.8 Å². The number of methoxy groups -OCH3 is 1. The number of benzene rings is 1. The molecule has 1 atom stereocenters. The molecule has 94 valence electrons. The van der Waals surface area contributed by atoms with E-state index in [0.29, 0.717) is 17.3 Å². The van der Waals surface area contributed by atoms with E-state index in [1.807, 2.05) is 6.07 Å². The predicted molar refractivity (Wildman–Crippen MR) is 70.2 cm³/mol. The van der Waals surface area contributed by atoms with Crippen LogP contribution in [0.2, 0.25) is 0 Å². The molecule has 0 fully saturated rings. The van der Waals surface area contributed by atoms with Gasteiger partial charge in [0.2, 0.25) is 0 Å². The lowest BCUT2D eigenvalue weighted by Gasteiger charge is -2.16. The number of hydrogen-bond acceptors (Lipinski definition) is 4. The molecule has 0 aliphatic heterocycles. The lowest BCUT2D eigenvalue weighted by atomic mass is 10.1. The van der Waals surface area contributed by atoms with E-state index in [9.17, 15) is 4.79 Å². The number of nitrogens with one attached hydrogen (secondary N) is 1. The SMILES string of the molecule is CCC[C@H](C)Nc1ccc(C(=O)OC)cc1N. The third-order valence-corrected chi connectivity index (χ3v) is 2.60. The van der Waals surface area contributed by atoms with Crippen LogP contribution in [0.5, 0.6) is 0 Å². The topological polar surface area (TPSA) is 64.3 Å². The molecule has 1 aromatic carbocycles. The van der Waals surface area contributed by atoms with Gasteiger partial charge >= 0.3 is 5.97 Å². The van der Waals surface area contributed by atoms with Crippen LogP contribution < -0.4 is 11.1 Å². The lowest BCUT2D eigenvalue weighted by molar-refractivity contribution is 0.0601. The maximum atomic E-state index is 11.3. The average Bonchev–Trinajstić information content (AvgIpc) is 2.31. The summed E-state index contributed by atoms with van der Waals surface area (Å²) < 4.78 is 4.64. The van der Waals surface area contributed by atoms with Gasteiger partial charge in [0.25, 0.3) is 0 Å². The van der Waals surface area contributed by atoms with Crippen LogP contribution in [0.15, 0.2) is 18.2 Å². The van der Waals surface area contributed by atoms with Crippen LogP contribution in [0, 0.1) is 0 Å². The summed E-state index contributed by atoms with van der Waals surface area (Å²) >= 11 is 0. The van der Waals surface area contributed by atoms with E-state index >= 15 is 0 Å². The molecule has 0 heterocycles. The summed E-state index contributed by atoms with van der Waals surface area (Å²) in [6.07, 6.45) is 2.20. The third kappa shape index (κ3) is 3.66. The predicted octanol–water partition coefficient (Wildman–Crippen LogP) is 2.66. The van der Waals surface area contributed by atoms with Crippen molar-refractivity contribution in [1.29, 1.82) is 0 Å². The van der Waals surface area contributed by atoms with Gasteiger partial charge in [0, 0.05) is 6.04 Å². The van der Waals surface area contributed by atoms with E-state index in [2.05, 4.69) is 23.9 Å². The Bertz CT molecular complexity index is 391. The summed E-state index contributed by atoms with van der Waals surface area (Å²) in [6, 6.07) is 5.52. The molecule has 0 unspecified atom stereocenters. The molecule has 1 aromatic rings. The van der Waals surface area contributed by atoms with Gasteiger partial charge < -0.3 is 15.8 Å². The molecule has 0 spiro atoms. The molecule has 0 radical (unpaired) electrons. The van der Waals surface area contributed by atoms with Crippen molar-refractivity contribution < 1.29 is 9.53 Å². The first-order valence-corrected chi connectivity index (χ1v) is 5.82. The highest BCUT2D eigenvalue weighted by Gasteiger charge is 2.09. The molecular formula is C13H20N2O2. The maximum absolute atomic E-state index is 11.3. The molecular weight excluding hydrogens is 216 g/mol. The molecule has 0 amide bonds. The van der Waals surface area contributed by atoms with Gasteiger partial charge in [-0.15, -0.1) is 0 Å². The molecule has 0 aliphatic carbocycles. The summed E-state index contributed by atoms with van der Waals surface area (Å²) in [5.41, 5.74) is 7.78. The normalized spacial score (nSPS) is 11.9. The summed E-state index contributed by atoms with van der Waals surface area (Å²) in [4.78, 5) is 11.3. The molecule has 0 aliphatic rings. The first-order chi connectivity index (χ1) is 8.08. The highest BCUT2D eigenvalue weighted by molar-refractivity contribution is 5.91. The zero-order valence-electron chi connectivity index (χ0n) is 10.6. The minimum Gasteiger partial charge on any atom is -0.465 e. The number of anilines is 2. The van der Waals surface area contributed by atoms with Gasteiger partial charge in [-0.1, -0.05) is 13.3 Å². The first kappa shape index (κ1) is 13.4. The van der Waals surface area contributed by atoms with Crippen LogP contribution in [-0.4, -0.2) is 19.1 Å². The van der Waals surface area contributed by atoms with Gasteiger partial charge in [-0.2, -0.15) is 0 Å². The van der Waals surface area contributed by atoms with Crippen LogP contribution in [0.4, 0.5) is 11.4 Å². The molecule has 0 saturated carbocycles. The molecule has 0 saturated heterocycles. The van der Waals surface area contributed by atoms with Gasteiger partial charge in [-0.25, -0.2) is 4.79 Å². The summed E-state index contributed by atoms with van der Waals surface area (Å²) in [5.74, 6) is -0.371. The second kappa shape index (κ2) is 6.13. The largest absolute Gasteiger partial charge is 0.465 e. The Morgan fingerprint density at radius 1 is 1.53 bits per heavy atom.